The van der Waals surface area contributed by atoms with E-state index < -0.39 is 5.97 Å². The molecule has 1 saturated carbocycles. The fraction of sp³-hybridized carbons (Fsp3) is 0.417. The molecule has 74 valence electrons. The van der Waals surface area contributed by atoms with E-state index in [4.69, 9.17) is 5.11 Å². The van der Waals surface area contributed by atoms with Crippen molar-refractivity contribution in [3.8, 4) is 0 Å². The van der Waals surface area contributed by atoms with Crippen molar-refractivity contribution in [2.24, 2.45) is 5.92 Å². The molecule has 1 aliphatic carbocycles. The number of carboxylic acids is 1. The van der Waals surface area contributed by atoms with Crippen molar-refractivity contribution < 1.29 is 9.90 Å². The normalized spacial score (nSPS) is 25.5. The summed E-state index contributed by atoms with van der Waals surface area (Å²) in [5, 5.41) is 8.96. The highest BCUT2D eigenvalue weighted by Gasteiger charge is 2.37. The van der Waals surface area contributed by atoms with E-state index in [1.807, 2.05) is 25.1 Å². The summed E-state index contributed by atoms with van der Waals surface area (Å²) >= 11 is 0. The summed E-state index contributed by atoms with van der Waals surface area (Å²) < 4.78 is 0. The Balaban J connectivity index is 2.24. The molecule has 0 heterocycles. The maximum Gasteiger partial charge on any atom is 0.307 e. The maximum absolute atomic E-state index is 10.9. The molecule has 2 unspecified atom stereocenters. The first-order chi connectivity index (χ1) is 6.70. The third-order valence-electron chi connectivity index (χ3n) is 3.18. The smallest absolute Gasteiger partial charge is 0.307 e. The fourth-order valence-electron chi connectivity index (χ4n) is 2.17. The second-order valence-electron chi connectivity index (χ2n) is 3.99. The van der Waals surface area contributed by atoms with Gasteiger partial charge in [-0.25, -0.2) is 0 Å². The number of hydrogen-bond donors (Lipinski definition) is 1. The van der Waals surface area contributed by atoms with Crippen molar-refractivity contribution in [3.05, 3.63) is 35.4 Å². The Morgan fingerprint density at radius 3 is 2.57 bits per heavy atom. The minimum Gasteiger partial charge on any atom is -0.481 e. The predicted octanol–water partition coefficient (Wildman–Crippen LogP) is 2.57. The van der Waals surface area contributed by atoms with Gasteiger partial charge in [-0.05, 0) is 36.8 Å². The number of hydrogen-bond acceptors (Lipinski definition) is 1. The zero-order valence-corrected chi connectivity index (χ0v) is 8.23. The van der Waals surface area contributed by atoms with Crippen LogP contribution in [0.25, 0.3) is 0 Å². The van der Waals surface area contributed by atoms with Crippen LogP contribution < -0.4 is 0 Å². The van der Waals surface area contributed by atoms with E-state index in [1.54, 1.807) is 0 Å². The largest absolute Gasteiger partial charge is 0.481 e. The van der Waals surface area contributed by atoms with Crippen LogP contribution in [0.1, 0.15) is 29.9 Å². The Bertz CT molecular complexity index is 357. The average molecular weight is 190 g/mol. The summed E-state index contributed by atoms with van der Waals surface area (Å²) in [6, 6.07) is 8.08. The molecule has 14 heavy (non-hydrogen) atoms. The summed E-state index contributed by atoms with van der Waals surface area (Å²) in [6.45, 7) is 2.05. The molecular formula is C12H14O2. The second-order valence-corrected chi connectivity index (χ2v) is 3.99. The lowest BCUT2D eigenvalue weighted by molar-refractivity contribution is -0.145. The molecule has 2 atom stereocenters. The predicted molar refractivity (Wildman–Crippen MR) is 54.3 cm³/mol. The van der Waals surface area contributed by atoms with Gasteiger partial charge in [-0.1, -0.05) is 24.3 Å². The minimum atomic E-state index is -0.649. The Labute approximate surface area is 83.6 Å². The zero-order chi connectivity index (χ0) is 10.1. The molecule has 1 fully saturated rings. The summed E-state index contributed by atoms with van der Waals surface area (Å²) in [5.74, 6) is -0.561. The Kier molecular flexibility index (Phi) is 2.28. The lowest BCUT2D eigenvalue weighted by atomic mass is 9.69. The third kappa shape index (κ3) is 1.41. The van der Waals surface area contributed by atoms with E-state index in [0.717, 1.165) is 12.8 Å². The molecule has 2 heteroatoms. The Morgan fingerprint density at radius 1 is 1.36 bits per heavy atom. The maximum atomic E-state index is 10.9. The number of benzene rings is 1. The van der Waals surface area contributed by atoms with Crippen LogP contribution in [0.2, 0.25) is 0 Å². The molecule has 0 bridgehead atoms. The zero-order valence-electron chi connectivity index (χ0n) is 8.23. The van der Waals surface area contributed by atoms with Crippen LogP contribution in [0, 0.1) is 12.8 Å². The highest BCUT2D eigenvalue weighted by atomic mass is 16.4. The van der Waals surface area contributed by atoms with Crippen LogP contribution in [0.15, 0.2) is 24.3 Å². The van der Waals surface area contributed by atoms with E-state index in [0.29, 0.717) is 0 Å². The molecule has 1 aliphatic rings. The molecule has 0 aromatic heterocycles. The first kappa shape index (κ1) is 9.25. The van der Waals surface area contributed by atoms with Crippen LogP contribution in [0.3, 0.4) is 0 Å². The summed E-state index contributed by atoms with van der Waals surface area (Å²) in [6.07, 6.45) is 1.84. The van der Waals surface area contributed by atoms with Gasteiger partial charge in [-0.2, -0.15) is 0 Å². The quantitative estimate of drug-likeness (QED) is 0.778. The van der Waals surface area contributed by atoms with Gasteiger partial charge in [0.1, 0.15) is 0 Å². The number of rotatable bonds is 2. The summed E-state index contributed by atoms with van der Waals surface area (Å²) in [4.78, 5) is 10.9. The molecule has 2 nitrogen and oxygen atoms in total. The van der Waals surface area contributed by atoms with E-state index in [9.17, 15) is 4.79 Å². The highest BCUT2D eigenvalue weighted by Crippen LogP contribution is 2.43. The van der Waals surface area contributed by atoms with Crippen molar-refractivity contribution >= 4 is 5.97 Å². The van der Waals surface area contributed by atoms with Gasteiger partial charge >= 0.3 is 5.97 Å². The lowest BCUT2D eigenvalue weighted by Crippen LogP contribution is -2.31. The molecule has 0 amide bonds. The molecule has 0 aliphatic heterocycles. The number of carboxylic acid groups (broad SMARTS) is 1. The number of aryl methyl sites for hydroxylation is 1. The average Bonchev–Trinajstić information content (AvgIpc) is 2.05. The SMILES string of the molecule is Cc1ccccc1C1CCC1C(=O)O. The number of carbonyl (C=O) groups is 1. The van der Waals surface area contributed by atoms with Crippen LogP contribution in [0.5, 0.6) is 0 Å². The standard InChI is InChI=1S/C12H14O2/c1-8-4-2-3-5-9(8)10-6-7-11(10)12(13)14/h2-5,10-11H,6-7H2,1H3,(H,13,14). The summed E-state index contributed by atoms with van der Waals surface area (Å²) in [7, 11) is 0. The van der Waals surface area contributed by atoms with Crippen LogP contribution in [0.4, 0.5) is 0 Å². The van der Waals surface area contributed by atoms with Gasteiger partial charge in [-0.15, -0.1) is 0 Å². The topological polar surface area (TPSA) is 37.3 Å². The molecule has 0 radical (unpaired) electrons. The molecule has 1 aromatic rings. The van der Waals surface area contributed by atoms with E-state index in [1.165, 1.54) is 11.1 Å². The van der Waals surface area contributed by atoms with Crippen LogP contribution >= 0.6 is 0 Å². The van der Waals surface area contributed by atoms with Gasteiger partial charge in [0.2, 0.25) is 0 Å². The van der Waals surface area contributed by atoms with Gasteiger partial charge in [0.25, 0.3) is 0 Å². The monoisotopic (exact) mass is 190 g/mol. The minimum absolute atomic E-state index is 0.156. The molecule has 2 rings (SSSR count). The molecule has 0 spiro atoms. The Hall–Kier alpha value is -1.31. The van der Waals surface area contributed by atoms with Crippen molar-refractivity contribution in [3.63, 3.8) is 0 Å². The first-order valence-corrected chi connectivity index (χ1v) is 4.98. The molecular weight excluding hydrogens is 176 g/mol. The lowest BCUT2D eigenvalue weighted by Gasteiger charge is -2.34. The number of aliphatic carboxylic acids is 1. The van der Waals surface area contributed by atoms with Crippen molar-refractivity contribution in [1.82, 2.24) is 0 Å². The molecule has 0 saturated heterocycles. The summed E-state index contributed by atoms with van der Waals surface area (Å²) in [5.41, 5.74) is 2.43. The van der Waals surface area contributed by atoms with E-state index >= 15 is 0 Å². The third-order valence-corrected chi connectivity index (χ3v) is 3.18. The van der Waals surface area contributed by atoms with Crippen molar-refractivity contribution in [2.45, 2.75) is 25.7 Å². The van der Waals surface area contributed by atoms with Crippen molar-refractivity contribution in [1.29, 1.82) is 0 Å². The van der Waals surface area contributed by atoms with E-state index in [-0.39, 0.29) is 11.8 Å². The molecule has 1 aromatic carbocycles. The Morgan fingerprint density at radius 2 is 2.07 bits per heavy atom. The van der Waals surface area contributed by atoms with Gasteiger partial charge in [-0.3, -0.25) is 4.79 Å². The highest BCUT2D eigenvalue weighted by molar-refractivity contribution is 5.72. The van der Waals surface area contributed by atoms with Gasteiger partial charge < -0.3 is 5.11 Å². The van der Waals surface area contributed by atoms with Gasteiger partial charge in [0, 0.05) is 0 Å². The first-order valence-electron chi connectivity index (χ1n) is 4.98. The van der Waals surface area contributed by atoms with E-state index in [2.05, 4.69) is 6.07 Å². The van der Waals surface area contributed by atoms with Gasteiger partial charge in [0.05, 0.1) is 5.92 Å². The van der Waals surface area contributed by atoms with Crippen molar-refractivity contribution in [2.75, 3.05) is 0 Å². The second kappa shape index (κ2) is 3.45. The van der Waals surface area contributed by atoms with Crippen LogP contribution in [-0.2, 0) is 4.79 Å². The van der Waals surface area contributed by atoms with Crippen LogP contribution in [-0.4, -0.2) is 11.1 Å². The van der Waals surface area contributed by atoms with Gasteiger partial charge in [0.15, 0.2) is 0 Å². The fourth-order valence-corrected chi connectivity index (χ4v) is 2.17. The molecule has 1 N–H and O–H groups in total.